The number of guanidine groups is 1. The monoisotopic (exact) mass is 383 g/mol. The normalized spacial score (nSPS) is 20.7. The Labute approximate surface area is 163 Å². The van der Waals surface area contributed by atoms with Crippen LogP contribution in [0.3, 0.4) is 0 Å². The number of ether oxygens (including phenoxy) is 2. The third-order valence-electron chi connectivity index (χ3n) is 5.15. The molecule has 27 heavy (non-hydrogen) atoms. The Balaban J connectivity index is 1.95. The molecule has 2 fully saturated rings. The van der Waals surface area contributed by atoms with Gasteiger partial charge in [0.1, 0.15) is 0 Å². The summed E-state index contributed by atoms with van der Waals surface area (Å²) in [6, 6.07) is 0.420. The fraction of sp³-hybridized carbons (Fsp3) is 0.895. The van der Waals surface area contributed by atoms with Crippen LogP contribution >= 0.6 is 0 Å². The van der Waals surface area contributed by atoms with Gasteiger partial charge in [0.2, 0.25) is 0 Å². The van der Waals surface area contributed by atoms with Crippen molar-refractivity contribution < 1.29 is 14.3 Å². The van der Waals surface area contributed by atoms with Crippen LogP contribution in [0.15, 0.2) is 4.99 Å². The van der Waals surface area contributed by atoms with E-state index in [0.717, 1.165) is 58.4 Å². The lowest BCUT2D eigenvalue weighted by Crippen LogP contribution is -2.54. The summed E-state index contributed by atoms with van der Waals surface area (Å²) >= 11 is 0. The molecule has 8 heteroatoms. The molecule has 1 atom stereocenters. The predicted octanol–water partition coefficient (Wildman–Crippen LogP) is 1.08. The zero-order chi connectivity index (χ0) is 19.6. The summed E-state index contributed by atoms with van der Waals surface area (Å²) in [7, 11) is 0. The van der Waals surface area contributed by atoms with Crippen LogP contribution in [0, 0.1) is 5.92 Å². The quantitative estimate of drug-likeness (QED) is 0.547. The van der Waals surface area contributed by atoms with Crippen molar-refractivity contribution >= 4 is 12.1 Å². The Morgan fingerprint density at radius 3 is 2.26 bits per heavy atom. The van der Waals surface area contributed by atoms with Crippen LogP contribution in [-0.2, 0) is 9.47 Å². The number of carbonyl (C=O) groups is 1. The average Bonchev–Trinajstić information content (AvgIpc) is 2.68. The van der Waals surface area contributed by atoms with Crippen molar-refractivity contribution in [3.8, 4) is 0 Å². The first-order chi connectivity index (χ1) is 13.1. The highest BCUT2D eigenvalue weighted by Crippen LogP contribution is 2.14. The van der Waals surface area contributed by atoms with Gasteiger partial charge >= 0.3 is 6.09 Å². The van der Waals surface area contributed by atoms with E-state index >= 15 is 0 Å². The van der Waals surface area contributed by atoms with Crippen molar-refractivity contribution in [3.63, 3.8) is 0 Å². The highest BCUT2D eigenvalue weighted by molar-refractivity contribution is 5.80. The van der Waals surface area contributed by atoms with Gasteiger partial charge in [0, 0.05) is 51.9 Å². The molecule has 2 aliphatic rings. The van der Waals surface area contributed by atoms with Gasteiger partial charge in [0.15, 0.2) is 5.96 Å². The number of piperazine rings is 1. The zero-order valence-electron chi connectivity index (χ0n) is 17.4. The van der Waals surface area contributed by atoms with Gasteiger partial charge in [-0.25, -0.2) is 4.79 Å². The second-order valence-electron chi connectivity index (χ2n) is 7.33. The first-order valence-electron chi connectivity index (χ1n) is 10.3. The summed E-state index contributed by atoms with van der Waals surface area (Å²) in [4.78, 5) is 23.4. The van der Waals surface area contributed by atoms with Gasteiger partial charge in [-0.2, -0.15) is 0 Å². The first-order valence-corrected chi connectivity index (χ1v) is 10.3. The van der Waals surface area contributed by atoms with E-state index in [1.807, 2.05) is 6.92 Å². The van der Waals surface area contributed by atoms with Crippen LogP contribution in [0.5, 0.6) is 0 Å². The van der Waals surface area contributed by atoms with Gasteiger partial charge in [-0.1, -0.05) is 13.8 Å². The smallest absolute Gasteiger partial charge is 0.409 e. The summed E-state index contributed by atoms with van der Waals surface area (Å²) in [6.45, 7) is 16.9. The fourth-order valence-electron chi connectivity index (χ4n) is 3.58. The average molecular weight is 384 g/mol. The Kier molecular flexibility index (Phi) is 9.14. The van der Waals surface area contributed by atoms with Gasteiger partial charge in [0.25, 0.3) is 0 Å². The van der Waals surface area contributed by atoms with E-state index in [2.05, 4.69) is 35.9 Å². The minimum absolute atomic E-state index is 0.216. The SMILES string of the molecule is CCNC(=NCC(C(C)C)N1CCOCC1)N1CCN(C(=O)OCC)CC1. The molecule has 0 saturated carbocycles. The molecule has 0 spiro atoms. The highest BCUT2D eigenvalue weighted by atomic mass is 16.6. The molecule has 0 aromatic heterocycles. The summed E-state index contributed by atoms with van der Waals surface area (Å²) < 4.78 is 10.6. The highest BCUT2D eigenvalue weighted by Gasteiger charge is 2.26. The van der Waals surface area contributed by atoms with Gasteiger partial charge in [-0.15, -0.1) is 0 Å². The van der Waals surface area contributed by atoms with Crippen molar-refractivity contribution in [1.29, 1.82) is 0 Å². The van der Waals surface area contributed by atoms with Crippen LogP contribution in [0.4, 0.5) is 4.79 Å². The van der Waals surface area contributed by atoms with Gasteiger partial charge in [-0.3, -0.25) is 9.89 Å². The van der Waals surface area contributed by atoms with Crippen molar-refractivity contribution in [3.05, 3.63) is 0 Å². The van der Waals surface area contributed by atoms with Crippen LogP contribution in [0.2, 0.25) is 0 Å². The molecule has 1 unspecified atom stereocenters. The van der Waals surface area contributed by atoms with E-state index in [1.165, 1.54) is 0 Å². The third-order valence-corrected chi connectivity index (χ3v) is 5.15. The molecule has 1 amide bonds. The van der Waals surface area contributed by atoms with E-state index < -0.39 is 0 Å². The number of amides is 1. The van der Waals surface area contributed by atoms with Crippen LogP contribution < -0.4 is 5.32 Å². The van der Waals surface area contributed by atoms with Crippen molar-refractivity contribution in [2.45, 2.75) is 33.7 Å². The molecule has 0 radical (unpaired) electrons. The number of rotatable bonds is 6. The van der Waals surface area contributed by atoms with Gasteiger partial charge in [0.05, 0.1) is 26.4 Å². The van der Waals surface area contributed by atoms with Crippen LogP contribution in [0.25, 0.3) is 0 Å². The molecule has 1 N–H and O–H groups in total. The standard InChI is InChI=1S/C19H37N5O3/c1-5-20-18(23-7-9-24(10-8-23)19(25)27-6-2)21-15-17(16(3)4)22-11-13-26-14-12-22/h16-17H,5-15H2,1-4H3,(H,20,21). The second kappa shape index (κ2) is 11.3. The molecule has 0 aromatic carbocycles. The number of hydrogen-bond donors (Lipinski definition) is 1. The molecule has 0 aromatic rings. The summed E-state index contributed by atoms with van der Waals surface area (Å²) in [6.07, 6.45) is -0.216. The van der Waals surface area contributed by atoms with Crippen LogP contribution in [-0.4, -0.2) is 105 Å². The minimum Gasteiger partial charge on any atom is -0.450 e. The van der Waals surface area contributed by atoms with Crippen molar-refractivity contribution in [1.82, 2.24) is 20.0 Å². The first kappa shape index (κ1) is 21.8. The largest absolute Gasteiger partial charge is 0.450 e. The minimum atomic E-state index is -0.216. The number of aliphatic imine (C=N–C) groups is 1. The maximum absolute atomic E-state index is 11.9. The van der Waals surface area contributed by atoms with Gasteiger partial charge < -0.3 is 24.6 Å². The third kappa shape index (κ3) is 6.53. The Morgan fingerprint density at radius 2 is 1.70 bits per heavy atom. The topological polar surface area (TPSA) is 69.6 Å². The summed E-state index contributed by atoms with van der Waals surface area (Å²) in [5, 5.41) is 3.42. The Bertz CT molecular complexity index is 472. The number of morpholine rings is 1. The summed E-state index contributed by atoms with van der Waals surface area (Å²) in [5.74, 6) is 1.48. The lowest BCUT2D eigenvalue weighted by Gasteiger charge is -2.38. The predicted molar refractivity (Wildman–Crippen MR) is 107 cm³/mol. The van der Waals surface area contributed by atoms with E-state index in [0.29, 0.717) is 31.7 Å². The molecule has 2 aliphatic heterocycles. The molecular formula is C19H37N5O3. The van der Waals surface area contributed by atoms with Crippen molar-refractivity contribution in [2.24, 2.45) is 10.9 Å². The molecular weight excluding hydrogens is 346 g/mol. The number of nitrogens with zero attached hydrogens (tertiary/aromatic N) is 4. The lowest BCUT2D eigenvalue weighted by molar-refractivity contribution is 0.00860. The molecule has 2 heterocycles. The van der Waals surface area contributed by atoms with E-state index in [1.54, 1.807) is 4.90 Å². The van der Waals surface area contributed by atoms with E-state index in [4.69, 9.17) is 14.5 Å². The maximum atomic E-state index is 11.9. The molecule has 8 nitrogen and oxygen atoms in total. The zero-order valence-corrected chi connectivity index (χ0v) is 17.4. The molecule has 156 valence electrons. The number of hydrogen-bond acceptors (Lipinski definition) is 5. The molecule has 2 saturated heterocycles. The summed E-state index contributed by atoms with van der Waals surface area (Å²) in [5.41, 5.74) is 0. The fourth-order valence-corrected chi connectivity index (χ4v) is 3.58. The second-order valence-corrected chi connectivity index (χ2v) is 7.33. The number of carbonyl (C=O) groups excluding carboxylic acids is 1. The molecule has 0 aliphatic carbocycles. The lowest BCUT2D eigenvalue weighted by atomic mass is 10.0. The van der Waals surface area contributed by atoms with Crippen LogP contribution in [0.1, 0.15) is 27.7 Å². The number of nitrogens with one attached hydrogen (secondary N) is 1. The Hall–Kier alpha value is -1.54. The van der Waals surface area contributed by atoms with Crippen molar-refractivity contribution in [2.75, 3.05) is 72.2 Å². The molecule has 0 bridgehead atoms. The molecule has 2 rings (SSSR count). The Morgan fingerprint density at radius 1 is 1.07 bits per heavy atom. The maximum Gasteiger partial charge on any atom is 0.409 e. The van der Waals surface area contributed by atoms with Gasteiger partial charge in [-0.05, 0) is 19.8 Å². The van der Waals surface area contributed by atoms with E-state index in [-0.39, 0.29) is 6.09 Å². The van der Waals surface area contributed by atoms with E-state index in [9.17, 15) is 4.79 Å².